The molecule has 1 N–H and O–H groups in total. The summed E-state index contributed by atoms with van der Waals surface area (Å²) in [4.78, 5) is 12.1. The SMILES string of the molecule is COc1ccc(OCc2nnc(SCC(=O)Nc3cccc(OC)c3)o2)cc1. The van der Waals surface area contributed by atoms with Crippen molar-refractivity contribution in [3.63, 3.8) is 0 Å². The Hall–Kier alpha value is -3.20. The molecule has 1 aromatic heterocycles. The van der Waals surface area contributed by atoms with Gasteiger partial charge in [0.2, 0.25) is 5.91 Å². The molecule has 28 heavy (non-hydrogen) atoms. The summed E-state index contributed by atoms with van der Waals surface area (Å²) in [7, 11) is 3.17. The minimum absolute atomic E-state index is 0.135. The van der Waals surface area contributed by atoms with Crippen LogP contribution in [0.15, 0.2) is 58.2 Å². The molecule has 0 saturated carbocycles. The van der Waals surface area contributed by atoms with Crippen molar-refractivity contribution in [3.05, 3.63) is 54.4 Å². The van der Waals surface area contributed by atoms with Gasteiger partial charge in [-0.25, -0.2) is 0 Å². The van der Waals surface area contributed by atoms with Gasteiger partial charge in [0.15, 0.2) is 6.61 Å². The first-order valence-corrected chi connectivity index (χ1v) is 9.31. The van der Waals surface area contributed by atoms with Gasteiger partial charge in [-0.1, -0.05) is 17.8 Å². The molecule has 146 valence electrons. The number of hydrogen-bond donors (Lipinski definition) is 1. The second-order valence-electron chi connectivity index (χ2n) is 5.49. The highest BCUT2D eigenvalue weighted by Gasteiger charge is 2.11. The minimum Gasteiger partial charge on any atom is -0.497 e. The minimum atomic E-state index is -0.188. The van der Waals surface area contributed by atoms with Crippen LogP contribution < -0.4 is 19.5 Å². The fraction of sp³-hybridized carbons (Fsp3) is 0.211. The quantitative estimate of drug-likeness (QED) is 0.545. The van der Waals surface area contributed by atoms with E-state index in [2.05, 4.69) is 15.5 Å². The van der Waals surface area contributed by atoms with E-state index in [4.69, 9.17) is 18.6 Å². The summed E-state index contributed by atoms with van der Waals surface area (Å²) in [5, 5.41) is 10.9. The van der Waals surface area contributed by atoms with Crippen LogP contribution in [-0.2, 0) is 11.4 Å². The summed E-state index contributed by atoms with van der Waals surface area (Å²) in [6.07, 6.45) is 0. The van der Waals surface area contributed by atoms with Crippen molar-refractivity contribution in [2.75, 3.05) is 25.3 Å². The van der Waals surface area contributed by atoms with E-state index in [0.29, 0.717) is 28.3 Å². The van der Waals surface area contributed by atoms with Crippen LogP contribution >= 0.6 is 11.8 Å². The molecule has 8 nitrogen and oxygen atoms in total. The monoisotopic (exact) mass is 401 g/mol. The molecule has 1 amide bonds. The molecule has 2 aromatic carbocycles. The third-order valence-electron chi connectivity index (χ3n) is 3.55. The van der Waals surface area contributed by atoms with E-state index in [1.165, 1.54) is 0 Å². The maximum absolute atomic E-state index is 12.1. The van der Waals surface area contributed by atoms with Gasteiger partial charge in [-0.2, -0.15) is 0 Å². The summed E-state index contributed by atoms with van der Waals surface area (Å²) in [5.41, 5.74) is 0.657. The molecular formula is C19H19N3O5S. The van der Waals surface area contributed by atoms with Gasteiger partial charge in [0.25, 0.3) is 11.1 Å². The van der Waals surface area contributed by atoms with Crippen molar-refractivity contribution in [3.8, 4) is 17.2 Å². The second kappa shape index (κ2) is 9.65. The number of carbonyl (C=O) groups is 1. The van der Waals surface area contributed by atoms with Crippen LogP contribution in [0, 0.1) is 0 Å². The second-order valence-corrected chi connectivity index (χ2v) is 6.42. The molecule has 0 atom stereocenters. The zero-order valence-corrected chi connectivity index (χ0v) is 16.2. The number of thioether (sulfide) groups is 1. The number of nitrogens with one attached hydrogen (secondary N) is 1. The average molecular weight is 401 g/mol. The Morgan fingerprint density at radius 3 is 2.54 bits per heavy atom. The number of ether oxygens (including phenoxy) is 3. The maximum Gasteiger partial charge on any atom is 0.277 e. The lowest BCUT2D eigenvalue weighted by atomic mass is 10.3. The molecule has 0 spiro atoms. The number of methoxy groups -OCH3 is 2. The Bertz CT molecular complexity index is 914. The van der Waals surface area contributed by atoms with Crippen molar-refractivity contribution in [2.45, 2.75) is 11.8 Å². The van der Waals surface area contributed by atoms with Gasteiger partial charge in [0.1, 0.15) is 17.2 Å². The standard InChI is InChI=1S/C19H19N3O5S/c1-24-14-6-8-15(9-7-14)26-11-18-21-22-19(27-18)28-12-17(23)20-13-4-3-5-16(10-13)25-2/h3-10H,11-12H2,1-2H3,(H,20,23). The maximum atomic E-state index is 12.1. The van der Waals surface area contributed by atoms with Gasteiger partial charge >= 0.3 is 0 Å². The Labute approximate surface area is 166 Å². The molecule has 1 heterocycles. The Balaban J connectivity index is 1.45. The first kappa shape index (κ1) is 19.6. The fourth-order valence-electron chi connectivity index (χ4n) is 2.20. The highest BCUT2D eigenvalue weighted by atomic mass is 32.2. The third kappa shape index (κ3) is 5.65. The zero-order valence-electron chi connectivity index (χ0n) is 15.4. The van der Waals surface area contributed by atoms with Crippen LogP contribution in [0.25, 0.3) is 0 Å². The van der Waals surface area contributed by atoms with Gasteiger partial charge in [-0.05, 0) is 36.4 Å². The van der Waals surface area contributed by atoms with Crippen LogP contribution in [0.4, 0.5) is 5.69 Å². The number of benzene rings is 2. The molecular weight excluding hydrogens is 382 g/mol. The number of aromatic nitrogens is 2. The molecule has 0 bridgehead atoms. The van der Waals surface area contributed by atoms with Gasteiger partial charge in [-0.3, -0.25) is 4.79 Å². The summed E-state index contributed by atoms with van der Waals surface area (Å²) < 4.78 is 21.3. The lowest BCUT2D eigenvalue weighted by Crippen LogP contribution is -2.13. The van der Waals surface area contributed by atoms with Crippen molar-refractivity contribution in [2.24, 2.45) is 0 Å². The predicted octanol–water partition coefficient (Wildman–Crippen LogP) is 3.40. The summed E-state index contributed by atoms with van der Waals surface area (Å²) in [6.45, 7) is 0.135. The number of carbonyl (C=O) groups excluding carboxylic acids is 1. The Kier molecular flexibility index (Phi) is 6.74. The lowest BCUT2D eigenvalue weighted by molar-refractivity contribution is -0.113. The van der Waals surface area contributed by atoms with Gasteiger partial charge in [-0.15, -0.1) is 10.2 Å². The van der Waals surface area contributed by atoms with E-state index in [1.54, 1.807) is 62.8 Å². The molecule has 0 saturated heterocycles. The number of anilines is 1. The van der Waals surface area contributed by atoms with Crippen molar-refractivity contribution >= 4 is 23.4 Å². The topological polar surface area (TPSA) is 95.7 Å². The van der Waals surface area contributed by atoms with E-state index in [9.17, 15) is 4.79 Å². The fourth-order valence-corrected chi connectivity index (χ4v) is 2.78. The smallest absolute Gasteiger partial charge is 0.277 e. The molecule has 3 aromatic rings. The molecule has 9 heteroatoms. The van der Waals surface area contributed by atoms with Crippen LogP contribution in [0.2, 0.25) is 0 Å². The van der Waals surface area contributed by atoms with Gasteiger partial charge in [0, 0.05) is 11.8 Å². The van der Waals surface area contributed by atoms with Gasteiger partial charge in [0.05, 0.1) is 20.0 Å². The summed E-state index contributed by atoms with van der Waals surface area (Å²) >= 11 is 1.15. The highest BCUT2D eigenvalue weighted by Crippen LogP contribution is 2.21. The third-order valence-corrected chi connectivity index (χ3v) is 4.37. The number of nitrogens with zero attached hydrogens (tertiary/aromatic N) is 2. The first-order chi connectivity index (χ1) is 13.7. The molecule has 0 unspecified atom stereocenters. The number of amides is 1. The van der Waals surface area contributed by atoms with Crippen LogP contribution in [-0.4, -0.2) is 36.1 Å². The van der Waals surface area contributed by atoms with Crippen molar-refractivity contribution in [1.82, 2.24) is 10.2 Å². The van der Waals surface area contributed by atoms with Crippen LogP contribution in [0.5, 0.6) is 17.2 Å². The normalized spacial score (nSPS) is 10.4. The molecule has 0 aliphatic heterocycles. The lowest BCUT2D eigenvalue weighted by Gasteiger charge is -2.06. The summed E-state index contributed by atoms with van der Waals surface area (Å²) in [5.74, 6) is 2.35. The van der Waals surface area contributed by atoms with E-state index < -0.39 is 0 Å². The van der Waals surface area contributed by atoms with E-state index in [-0.39, 0.29) is 18.3 Å². The van der Waals surface area contributed by atoms with Gasteiger partial charge < -0.3 is 23.9 Å². The average Bonchev–Trinajstić information content (AvgIpc) is 3.19. The highest BCUT2D eigenvalue weighted by molar-refractivity contribution is 7.99. The van der Waals surface area contributed by atoms with E-state index in [0.717, 1.165) is 17.5 Å². The molecule has 3 rings (SSSR count). The number of hydrogen-bond acceptors (Lipinski definition) is 8. The number of rotatable bonds is 9. The predicted molar refractivity (Wildman–Crippen MR) is 104 cm³/mol. The molecule has 0 aliphatic carbocycles. The van der Waals surface area contributed by atoms with E-state index >= 15 is 0 Å². The Morgan fingerprint density at radius 1 is 1.04 bits per heavy atom. The molecule has 0 fully saturated rings. The Morgan fingerprint density at radius 2 is 1.79 bits per heavy atom. The first-order valence-electron chi connectivity index (χ1n) is 8.32. The zero-order chi connectivity index (χ0) is 19.8. The largest absolute Gasteiger partial charge is 0.497 e. The molecule has 0 radical (unpaired) electrons. The van der Waals surface area contributed by atoms with E-state index in [1.807, 2.05) is 0 Å². The summed E-state index contributed by atoms with van der Waals surface area (Å²) in [6, 6.07) is 14.3. The van der Waals surface area contributed by atoms with Crippen molar-refractivity contribution in [1.29, 1.82) is 0 Å². The van der Waals surface area contributed by atoms with Crippen molar-refractivity contribution < 1.29 is 23.4 Å². The van der Waals surface area contributed by atoms with Crippen LogP contribution in [0.1, 0.15) is 5.89 Å². The molecule has 0 aliphatic rings. The van der Waals surface area contributed by atoms with Crippen LogP contribution in [0.3, 0.4) is 0 Å².